The molecule has 0 bridgehead atoms. The Hall–Kier alpha value is -1.87. The summed E-state index contributed by atoms with van der Waals surface area (Å²) in [6.07, 6.45) is 3.88. The van der Waals surface area contributed by atoms with Gasteiger partial charge in [0.05, 0.1) is 7.11 Å². The number of ether oxygens (including phenoxy) is 1. The summed E-state index contributed by atoms with van der Waals surface area (Å²) in [7, 11) is 3.70. The molecule has 1 unspecified atom stereocenters. The van der Waals surface area contributed by atoms with Gasteiger partial charge in [0.2, 0.25) is 0 Å². The number of aromatic nitrogens is 1. The molecule has 0 amide bonds. The molecular formula is C18H24N2O. The summed E-state index contributed by atoms with van der Waals surface area (Å²) in [6.45, 7) is 4.22. The molecule has 2 aromatic rings. The van der Waals surface area contributed by atoms with Crippen LogP contribution in [-0.4, -0.2) is 19.1 Å². The summed E-state index contributed by atoms with van der Waals surface area (Å²) in [6, 6.07) is 10.9. The van der Waals surface area contributed by atoms with Gasteiger partial charge in [0.25, 0.3) is 0 Å². The van der Waals surface area contributed by atoms with Crippen LogP contribution in [-0.2, 0) is 12.8 Å². The van der Waals surface area contributed by atoms with Crippen LogP contribution in [0.1, 0.15) is 35.3 Å². The highest BCUT2D eigenvalue weighted by molar-refractivity contribution is 5.37. The Morgan fingerprint density at radius 2 is 2.05 bits per heavy atom. The molecule has 0 spiro atoms. The van der Waals surface area contributed by atoms with Crippen molar-refractivity contribution in [2.24, 2.45) is 0 Å². The van der Waals surface area contributed by atoms with Crippen LogP contribution in [0.3, 0.4) is 0 Å². The van der Waals surface area contributed by atoms with Gasteiger partial charge >= 0.3 is 0 Å². The number of nitrogens with one attached hydrogen (secondary N) is 1. The molecule has 21 heavy (non-hydrogen) atoms. The molecule has 0 saturated carbocycles. The Morgan fingerprint density at radius 1 is 1.24 bits per heavy atom. The van der Waals surface area contributed by atoms with Gasteiger partial charge in [-0.2, -0.15) is 0 Å². The molecule has 0 radical (unpaired) electrons. The van der Waals surface area contributed by atoms with Gasteiger partial charge in [-0.15, -0.1) is 0 Å². The summed E-state index contributed by atoms with van der Waals surface area (Å²) < 4.78 is 5.32. The van der Waals surface area contributed by atoms with Gasteiger partial charge in [-0.1, -0.05) is 25.1 Å². The Bertz CT molecular complexity index is 578. The van der Waals surface area contributed by atoms with Gasteiger partial charge in [-0.25, -0.2) is 0 Å². The van der Waals surface area contributed by atoms with Crippen molar-refractivity contribution in [1.29, 1.82) is 0 Å². The van der Waals surface area contributed by atoms with Crippen LogP contribution in [0.5, 0.6) is 5.75 Å². The van der Waals surface area contributed by atoms with Crippen LogP contribution in [0.25, 0.3) is 0 Å². The van der Waals surface area contributed by atoms with Crippen molar-refractivity contribution in [2.45, 2.75) is 32.7 Å². The lowest BCUT2D eigenvalue weighted by Gasteiger charge is -2.18. The number of hydrogen-bond acceptors (Lipinski definition) is 3. The third-order valence-corrected chi connectivity index (χ3v) is 3.88. The van der Waals surface area contributed by atoms with Crippen LogP contribution in [0, 0.1) is 6.92 Å². The molecular weight excluding hydrogens is 260 g/mol. The van der Waals surface area contributed by atoms with Crippen LogP contribution in [0.2, 0.25) is 0 Å². The first-order valence-corrected chi connectivity index (χ1v) is 7.43. The van der Waals surface area contributed by atoms with E-state index in [0.717, 1.165) is 29.8 Å². The first-order valence-electron chi connectivity index (χ1n) is 7.43. The minimum atomic E-state index is 0.259. The minimum absolute atomic E-state index is 0.259. The van der Waals surface area contributed by atoms with Gasteiger partial charge in [0.1, 0.15) is 5.75 Å². The van der Waals surface area contributed by atoms with E-state index < -0.39 is 0 Å². The van der Waals surface area contributed by atoms with Gasteiger partial charge in [0, 0.05) is 24.4 Å². The third-order valence-electron chi connectivity index (χ3n) is 3.88. The molecule has 1 aromatic heterocycles. The molecule has 0 aliphatic heterocycles. The maximum Gasteiger partial charge on any atom is 0.121 e. The standard InChI is InChI=1S/C18H24N2O/c1-5-14-6-8-16(20-12-14)11-17(19-3)15-7-9-18(21-4)13(2)10-15/h6-10,12,17,19H,5,11H2,1-4H3. The molecule has 3 heteroatoms. The van der Waals surface area contributed by atoms with E-state index >= 15 is 0 Å². The van der Waals surface area contributed by atoms with Crippen molar-refractivity contribution in [3.8, 4) is 5.75 Å². The highest BCUT2D eigenvalue weighted by Crippen LogP contribution is 2.24. The Morgan fingerprint density at radius 3 is 2.57 bits per heavy atom. The van der Waals surface area contributed by atoms with Gasteiger partial charge in [0.15, 0.2) is 0 Å². The van der Waals surface area contributed by atoms with Gasteiger partial charge < -0.3 is 10.1 Å². The van der Waals surface area contributed by atoms with Crippen LogP contribution in [0.4, 0.5) is 0 Å². The number of pyridine rings is 1. The largest absolute Gasteiger partial charge is 0.496 e. The zero-order valence-corrected chi connectivity index (χ0v) is 13.3. The quantitative estimate of drug-likeness (QED) is 0.882. The van der Waals surface area contributed by atoms with E-state index in [4.69, 9.17) is 4.74 Å². The predicted molar refractivity (Wildman–Crippen MR) is 86.9 cm³/mol. The molecule has 0 saturated heterocycles. The molecule has 0 aliphatic carbocycles. The zero-order valence-electron chi connectivity index (χ0n) is 13.3. The summed E-state index contributed by atoms with van der Waals surface area (Å²) >= 11 is 0. The average molecular weight is 284 g/mol. The fourth-order valence-electron chi connectivity index (χ4n) is 2.50. The molecule has 3 nitrogen and oxygen atoms in total. The van der Waals surface area contributed by atoms with E-state index in [9.17, 15) is 0 Å². The molecule has 1 aromatic carbocycles. The van der Waals surface area contributed by atoms with Crippen molar-refractivity contribution < 1.29 is 4.74 Å². The normalized spacial score (nSPS) is 12.2. The lowest BCUT2D eigenvalue weighted by molar-refractivity contribution is 0.411. The number of nitrogens with zero attached hydrogens (tertiary/aromatic N) is 1. The van der Waals surface area contributed by atoms with Crippen molar-refractivity contribution in [3.63, 3.8) is 0 Å². The monoisotopic (exact) mass is 284 g/mol. The van der Waals surface area contributed by atoms with E-state index in [-0.39, 0.29) is 6.04 Å². The topological polar surface area (TPSA) is 34.1 Å². The van der Waals surface area contributed by atoms with Crippen molar-refractivity contribution >= 4 is 0 Å². The number of rotatable bonds is 6. The highest BCUT2D eigenvalue weighted by atomic mass is 16.5. The summed E-state index contributed by atoms with van der Waals surface area (Å²) in [5, 5.41) is 3.38. The highest BCUT2D eigenvalue weighted by Gasteiger charge is 2.12. The van der Waals surface area contributed by atoms with E-state index in [0.29, 0.717) is 0 Å². The second-order valence-corrected chi connectivity index (χ2v) is 5.29. The fourth-order valence-corrected chi connectivity index (χ4v) is 2.50. The van der Waals surface area contributed by atoms with Gasteiger partial charge in [-0.05, 0) is 49.2 Å². The zero-order chi connectivity index (χ0) is 15.2. The summed E-state index contributed by atoms with van der Waals surface area (Å²) in [4.78, 5) is 4.55. The molecule has 1 heterocycles. The van der Waals surface area contributed by atoms with E-state index in [1.54, 1.807) is 7.11 Å². The molecule has 1 N–H and O–H groups in total. The van der Waals surface area contributed by atoms with Crippen LogP contribution in [0.15, 0.2) is 36.5 Å². The number of hydrogen-bond donors (Lipinski definition) is 1. The van der Waals surface area contributed by atoms with Gasteiger partial charge in [-0.3, -0.25) is 4.98 Å². The number of aryl methyl sites for hydroxylation is 2. The van der Waals surface area contributed by atoms with E-state index in [1.165, 1.54) is 11.1 Å². The first kappa shape index (κ1) is 15.5. The predicted octanol–water partition coefficient (Wildman–Crippen LogP) is 3.46. The maximum atomic E-state index is 5.32. The number of benzene rings is 1. The number of likely N-dealkylation sites (N-methyl/N-ethyl adjacent to an activating group) is 1. The second-order valence-electron chi connectivity index (χ2n) is 5.29. The molecule has 0 fully saturated rings. The van der Waals surface area contributed by atoms with Crippen molar-refractivity contribution in [3.05, 3.63) is 58.9 Å². The van der Waals surface area contributed by atoms with Crippen LogP contribution < -0.4 is 10.1 Å². The number of methoxy groups -OCH3 is 1. The Kier molecular flexibility index (Phi) is 5.34. The Labute approximate surface area is 127 Å². The lowest BCUT2D eigenvalue weighted by Crippen LogP contribution is -2.19. The lowest BCUT2D eigenvalue weighted by atomic mass is 9.99. The minimum Gasteiger partial charge on any atom is -0.496 e. The Balaban J connectivity index is 2.16. The first-order chi connectivity index (χ1) is 10.2. The van der Waals surface area contributed by atoms with Crippen LogP contribution >= 0.6 is 0 Å². The fraction of sp³-hybridized carbons (Fsp3) is 0.389. The van der Waals surface area contributed by atoms with Crippen molar-refractivity contribution in [2.75, 3.05) is 14.2 Å². The SMILES string of the molecule is CCc1ccc(CC(NC)c2ccc(OC)c(C)c2)nc1. The smallest absolute Gasteiger partial charge is 0.121 e. The summed E-state index contributed by atoms with van der Waals surface area (Å²) in [5.41, 5.74) is 4.81. The maximum absolute atomic E-state index is 5.32. The molecule has 1 atom stereocenters. The molecule has 2 rings (SSSR count). The average Bonchev–Trinajstić information content (AvgIpc) is 2.53. The second kappa shape index (κ2) is 7.23. The third kappa shape index (κ3) is 3.82. The van der Waals surface area contributed by atoms with E-state index in [1.807, 2.05) is 19.3 Å². The molecule has 0 aliphatic rings. The molecule has 112 valence electrons. The summed E-state index contributed by atoms with van der Waals surface area (Å²) in [5.74, 6) is 0.930. The van der Waals surface area contributed by atoms with E-state index in [2.05, 4.69) is 48.4 Å². The van der Waals surface area contributed by atoms with Crippen molar-refractivity contribution in [1.82, 2.24) is 10.3 Å².